The van der Waals surface area contributed by atoms with Gasteiger partial charge in [-0.1, -0.05) is 0 Å². The molecule has 0 spiro atoms. The Morgan fingerprint density at radius 2 is 2.39 bits per heavy atom. The van der Waals surface area contributed by atoms with Crippen LogP contribution in [0, 0.1) is 5.92 Å². The first-order valence-electron chi connectivity index (χ1n) is 6.03. The molecular formula is C12H19N3O3. The van der Waals surface area contributed by atoms with Crippen LogP contribution in [0.1, 0.15) is 29.0 Å². The van der Waals surface area contributed by atoms with Crippen LogP contribution in [0.5, 0.6) is 0 Å². The second-order valence-electron chi connectivity index (χ2n) is 4.96. The van der Waals surface area contributed by atoms with Gasteiger partial charge in [0, 0.05) is 6.54 Å². The summed E-state index contributed by atoms with van der Waals surface area (Å²) < 4.78 is 5.31. The number of furan rings is 1. The molecule has 0 radical (unpaired) electrons. The molecule has 0 atom stereocenters. The third kappa shape index (κ3) is 3.10. The molecule has 18 heavy (non-hydrogen) atoms. The van der Waals surface area contributed by atoms with Crippen molar-refractivity contribution >= 4 is 5.91 Å². The summed E-state index contributed by atoms with van der Waals surface area (Å²) in [5, 5.41) is 9.22. The summed E-state index contributed by atoms with van der Waals surface area (Å²) in [6.07, 6.45) is 3.04. The first kappa shape index (κ1) is 13.1. The quantitative estimate of drug-likeness (QED) is 0.393. The number of carbonyl (C=O) groups excluding carboxylic acids is 1. The highest BCUT2D eigenvalue weighted by molar-refractivity contribution is 5.93. The Balaban J connectivity index is 1.81. The van der Waals surface area contributed by atoms with Crippen LogP contribution in [-0.4, -0.2) is 35.6 Å². The molecule has 6 heteroatoms. The number of nitrogen functional groups attached to an aromatic ring is 1. The van der Waals surface area contributed by atoms with Crippen molar-refractivity contribution in [1.82, 2.24) is 10.3 Å². The minimum absolute atomic E-state index is 0.119. The van der Waals surface area contributed by atoms with E-state index < -0.39 is 0 Å². The van der Waals surface area contributed by atoms with Crippen LogP contribution in [0.4, 0.5) is 0 Å². The SMILES string of the molecule is CN(Cc1cc(C(=O)NN)co1)CC1CC(O)C1. The summed E-state index contributed by atoms with van der Waals surface area (Å²) in [5.74, 6) is 5.99. The van der Waals surface area contributed by atoms with Gasteiger partial charge in [0.2, 0.25) is 0 Å². The molecule has 0 aliphatic heterocycles. The summed E-state index contributed by atoms with van der Waals surface area (Å²) in [7, 11) is 2.00. The molecule has 1 amide bonds. The van der Waals surface area contributed by atoms with E-state index in [2.05, 4.69) is 10.3 Å². The fourth-order valence-corrected chi connectivity index (χ4v) is 2.29. The van der Waals surface area contributed by atoms with Crippen molar-refractivity contribution in [1.29, 1.82) is 0 Å². The number of hydrazine groups is 1. The Labute approximate surface area is 106 Å². The number of nitrogens with zero attached hydrogens (tertiary/aromatic N) is 1. The number of nitrogens with one attached hydrogen (secondary N) is 1. The zero-order valence-electron chi connectivity index (χ0n) is 10.4. The van der Waals surface area contributed by atoms with Gasteiger partial charge >= 0.3 is 0 Å². The summed E-state index contributed by atoms with van der Waals surface area (Å²) in [5.41, 5.74) is 2.49. The maximum Gasteiger partial charge on any atom is 0.268 e. The number of hydrogen-bond acceptors (Lipinski definition) is 5. The second-order valence-corrected chi connectivity index (χ2v) is 4.96. The molecule has 1 aromatic heterocycles. The molecular weight excluding hydrogens is 234 g/mol. The Morgan fingerprint density at radius 1 is 1.67 bits per heavy atom. The zero-order valence-corrected chi connectivity index (χ0v) is 10.4. The number of aliphatic hydroxyl groups is 1. The lowest BCUT2D eigenvalue weighted by atomic mass is 9.82. The Morgan fingerprint density at radius 3 is 3.00 bits per heavy atom. The van der Waals surface area contributed by atoms with Crippen molar-refractivity contribution in [2.75, 3.05) is 13.6 Å². The van der Waals surface area contributed by atoms with Gasteiger partial charge < -0.3 is 9.52 Å². The zero-order chi connectivity index (χ0) is 13.1. The van der Waals surface area contributed by atoms with Crippen LogP contribution in [0.25, 0.3) is 0 Å². The highest BCUT2D eigenvalue weighted by Gasteiger charge is 2.28. The van der Waals surface area contributed by atoms with Crippen molar-refractivity contribution in [3.8, 4) is 0 Å². The van der Waals surface area contributed by atoms with E-state index in [1.807, 2.05) is 7.05 Å². The molecule has 0 aromatic carbocycles. The fourth-order valence-electron chi connectivity index (χ4n) is 2.29. The highest BCUT2D eigenvalue weighted by Crippen LogP contribution is 2.27. The van der Waals surface area contributed by atoms with Crippen molar-refractivity contribution in [3.63, 3.8) is 0 Å². The van der Waals surface area contributed by atoms with E-state index in [4.69, 9.17) is 10.3 Å². The number of nitrogens with two attached hydrogens (primary N) is 1. The Kier molecular flexibility index (Phi) is 4.00. The standard InChI is InChI=1S/C12H19N3O3/c1-15(5-8-2-10(16)3-8)6-11-4-9(7-18-11)12(17)14-13/h4,7-8,10,16H,2-3,5-6,13H2,1H3,(H,14,17). The van der Waals surface area contributed by atoms with Gasteiger partial charge in [-0.3, -0.25) is 15.1 Å². The first-order valence-corrected chi connectivity index (χ1v) is 6.03. The van der Waals surface area contributed by atoms with Crippen LogP contribution in [-0.2, 0) is 6.54 Å². The molecule has 1 aliphatic carbocycles. The van der Waals surface area contributed by atoms with E-state index in [0.29, 0.717) is 18.0 Å². The topological polar surface area (TPSA) is 91.7 Å². The highest BCUT2D eigenvalue weighted by atomic mass is 16.3. The molecule has 0 unspecified atom stereocenters. The van der Waals surface area contributed by atoms with Gasteiger partial charge in [0.25, 0.3) is 5.91 Å². The number of rotatable bonds is 5. The van der Waals surface area contributed by atoms with Gasteiger partial charge in [0.1, 0.15) is 12.0 Å². The molecule has 2 rings (SSSR count). The smallest absolute Gasteiger partial charge is 0.268 e. The monoisotopic (exact) mass is 253 g/mol. The number of aliphatic hydroxyl groups excluding tert-OH is 1. The van der Waals surface area contributed by atoms with E-state index in [1.54, 1.807) is 6.07 Å². The van der Waals surface area contributed by atoms with Crippen LogP contribution in [0.2, 0.25) is 0 Å². The molecule has 0 saturated heterocycles. The van der Waals surface area contributed by atoms with Crippen molar-refractivity contribution in [2.45, 2.75) is 25.5 Å². The van der Waals surface area contributed by atoms with Crippen LogP contribution in [0.3, 0.4) is 0 Å². The van der Waals surface area contributed by atoms with Crippen molar-refractivity contribution in [3.05, 3.63) is 23.7 Å². The van der Waals surface area contributed by atoms with Crippen molar-refractivity contribution in [2.24, 2.45) is 11.8 Å². The van der Waals surface area contributed by atoms with Gasteiger partial charge in [-0.25, -0.2) is 5.84 Å². The number of amides is 1. The molecule has 4 N–H and O–H groups in total. The lowest BCUT2D eigenvalue weighted by molar-refractivity contribution is 0.0266. The molecule has 0 bridgehead atoms. The second kappa shape index (κ2) is 5.51. The lowest BCUT2D eigenvalue weighted by Gasteiger charge is -2.34. The predicted octanol–water partition coefficient (Wildman–Crippen LogP) is 0.0858. The number of carbonyl (C=O) groups is 1. The minimum atomic E-state index is -0.352. The van der Waals surface area contributed by atoms with Gasteiger partial charge in [-0.2, -0.15) is 0 Å². The van der Waals surface area contributed by atoms with E-state index in [0.717, 1.165) is 25.1 Å². The van der Waals surface area contributed by atoms with E-state index in [9.17, 15) is 9.90 Å². The van der Waals surface area contributed by atoms with Gasteiger partial charge in [-0.15, -0.1) is 0 Å². The first-order chi connectivity index (χ1) is 8.58. The largest absolute Gasteiger partial charge is 0.467 e. The number of hydrogen-bond donors (Lipinski definition) is 3. The molecule has 1 fully saturated rings. The third-order valence-corrected chi connectivity index (χ3v) is 3.25. The van der Waals surface area contributed by atoms with E-state index >= 15 is 0 Å². The molecule has 1 aliphatic rings. The normalized spacial score (nSPS) is 22.9. The van der Waals surface area contributed by atoms with E-state index in [1.165, 1.54) is 6.26 Å². The van der Waals surface area contributed by atoms with Gasteiger partial charge in [0.15, 0.2) is 0 Å². The van der Waals surface area contributed by atoms with Crippen molar-refractivity contribution < 1.29 is 14.3 Å². The Hall–Kier alpha value is -1.37. The lowest BCUT2D eigenvalue weighted by Crippen LogP contribution is -2.36. The van der Waals surface area contributed by atoms with E-state index in [-0.39, 0.29) is 12.0 Å². The van der Waals surface area contributed by atoms with Crippen LogP contribution in [0.15, 0.2) is 16.7 Å². The Bertz CT molecular complexity index is 412. The maximum atomic E-state index is 11.2. The summed E-state index contributed by atoms with van der Waals surface area (Å²) in [6.45, 7) is 1.57. The molecule has 6 nitrogen and oxygen atoms in total. The minimum Gasteiger partial charge on any atom is -0.467 e. The molecule has 1 saturated carbocycles. The van der Waals surface area contributed by atoms with Crippen LogP contribution < -0.4 is 11.3 Å². The van der Waals surface area contributed by atoms with Gasteiger partial charge in [-0.05, 0) is 31.9 Å². The third-order valence-electron chi connectivity index (χ3n) is 3.25. The predicted molar refractivity (Wildman–Crippen MR) is 65.4 cm³/mol. The molecule has 1 aromatic rings. The maximum absolute atomic E-state index is 11.2. The summed E-state index contributed by atoms with van der Waals surface area (Å²) >= 11 is 0. The van der Waals surface area contributed by atoms with Gasteiger partial charge in [0.05, 0.1) is 18.2 Å². The average molecular weight is 253 g/mol. The molecule has 100 valence electrons. The molecule has 1 heterocycles. The average Bonchev–Trinajstić information content (AvgIpc) is 2.74. The van der Waals surface area contributed by atoms with Crippen LogP contribution >= 0.6 is 0 Å². The summed E-state index contributed by atoms with van der Waals surface area (Å²) in [6, 6.07) is 1.69. The summed E-state index contributed by atoms with van der Waals surface area (Å²) in [4.78, 5) is 13.4. The fraction of sp³-hybridized carbons (Fsp3) is 0.583.